The lowest BCUT2D eigenvalue weighted by atomic mass is 10.1. The number of ether oxygens (including phenoxy) is 1. The van der Waals surface area contributed by atoms with Gasteiger partial charge in [-0.05, 0) is 44.7 Å². The molecule has 1 aromatic rings. The van der Waals surface area contributed by atoms with Crippen LogP contribution in [0.4, 0.5) is 11.9 Å². The van der Waals surface area contributed by atoms with E-state index < -0.39 is 0 Å². The Balaban J connectivity index is 2.08. The second kappa shape index (κ2) is 6.54. The lowest BCUT2D eigenvalue weighted by Gasteiger charge is -2.27. The Morgan fingerprint density at radius 2 is 1.90 bits per heavy atom. The summed E-state index contributed by atoms with van der Waals surface area (Å²) in [5, 5.41) is 3.38. The van der Waals surface area contributed by atoms with Crippen LogP contribution in [0, 0.1) is 0 Å². The third kappa shape index (κ3) is 4.18. The van der Waals surface area contributed by atoms with E-state index in [4.69, 9.17) is 16.3 Å². The third-order valence-corrected chi connectivity index (χ3v) is 3.63. The molecule has 2 rings (SSSR count). The van der Waals surface area contributed by atoms with E-state index in [1.54, 1.807) is 7.11 Å². The molecule has 1 aliphatic heterocycles. The van der Waals surface area contributed by atoms with E-state index in [2.05, 4.69) is 25.2 Å². The van der Waals surface area contributed by atoms with Gasteiger partial charge in [-0.1, -0.05) is 0 Å². The summed E-state index contributed by atoms with van der Waals surface area (Å²) in [4.78, 5) is 14.9. The van der Waals surface area contributed by atoms with Crippen LogP contribution in [0.25, 0.3) is 0 Å². The summed E-state index contributed by atoms with van der Waals surface area (Å²) in [5.41, 5.74) is -0.287. The maximum Gasteiger partial charge on any atom is 0.231 e. The first-order valence-corrected chi connectivity index (χ1v) is 7.33. The van der Waals surface area contributed by atoms with Crippen molar-refractivity contribution in [1.29, 1.82) is 0 Å². The van der Waals surface area contributed by atoms with Crippen LogP contribution in [0.5, 0.6) is 0 Å². The second-order valence-corrected chi connectivity index (χ2v) is 5.93. The van der Waals surface area contributed by atoms with Crippen molar-refractivity contribution in [2.75, 3.05) is 37.0 Å². The molecule has 6 nitrogen and oxygen atoms in total. The highest BCUT2D eigenvalue weighted by atomic mass is 35.5. The minimum absolute atomic E-state index is 0.221. The summed E-state index contributed by atoms with van der Waals surface area (Å²) < 4.78 is 5.36. The quantitative estimate of drug-likeness (QED) is 0.900. The van der Waals surface area contributed by atoms with Crippen molar-refractivity contribution in [3.8, 4) is 0 Å². The normalized spacial score (nSPS) is 16.3. The van der Waals surface area contributed by atoms with E-state index in [1.165, 1.54) is 19.3 Å². The Bertz CT molecular complexity index is 448. The van der Waals surface area contributed by atoms with Gasteiger partial charge < -0.3 is 15.0 Å². The van der Waals surface area contributed by atoms with Crippen LogP contribution in [-0.4, -0.2) is 47.3 Å². The van der Waals surface area contributed by atoms with Gasteiger partial charge in [-0.3, -0.25) is 0 Å². The minimum atomic E-state index is -0.287. The van der Waals surface area contributed by atoms with E-state index in [1.807, 2.05) is 13.8 Å². The third-order valence-electron chi connectivity index (χ3n) is 3.46. The highest BCUT2D eigenvalue weighted by Gasteiger charge is 2.19. The van der Waals surface area contributed by atoms with Gasteiger partial charge in [0.05, 0.1) is 5.60 Å². The zero-order valence-corrected chi connectivity index (χ0v) is 13.1. The fraction of sp³-hybridized carbons (Fsp3) is 0.769. The first kappa shape index (κ1) is 15.3. The molecule has 0 aromatic carbocycles. The van der Waals surface area contributed by atoms with Crippen LogP contribution in [-0.2, 0) is 4.74 Å². The molecule has 1 aromatic heterocycles. The van der Waals surface area contributed by atoms with Crippen LogP contribution >= 0.6 is 11.6 Å². The number of aromatic nitrogens is 3. The van der Waals surface area contributed by atoms with E-state index in [0.717, 1.165) is 13.1 Å². The van der Waals surface area contributed by atoms with Crippen LogP contribution < -0.4 is 10.2 Å². The molecule has 1 aliphatic rings. The molecular weight excluding hydrogens is 278 g/mol. The maximum atomic E-state index is 5.99. The SMILES string of the molecule is COC(C)(C)CNc1nc(Cl)nc(N2CCCCC2)n1. The molecule has 7 heteroatoms. The lowest BCUT2D eigenvalue weighted by Crippen LogP contribution is -2.33. The van der Waals surface area contributed by atoms with Crippen molar-refractivity contribution in [3.05, 3.63) is 5.28 Å². The van der Waals surface area contributed by atoms with Gasteiger partial charge >= 0.3 is 0 Å². The molecule has 0 radical (unpaired) electrons. The van der Waals surface area contributed by atoms with Gasteiger partial charge in [0.1, 0.15) is 0 Å². The fourth-order valence-corrected chi connectivity index (χ4v) is 2.17. The van der Waals surface area contributed by atoms with Gasteiger partial charge in [0, 0.05) is 26.7 Å². The predicted octanol–water partition coefficient (Wildman–Crippen LogP) is 2.35. The molecule has 0 spiro atoms. The summed E-state index contributed by atoms with van der Waals surface area (Å²) in [7, 11) is 1.68. The van der Waals surface area contributed by atoms with Crippen LogP contribution in [0.1, 0.15) is 33.1 Å². The van der Waals surface area contributed by atoms with Crippen molar-refractivity contribution in [3.63, 3.8) is 0 Å². The summed E-state index contributed by atoms with van der Waals surface area (Å²) in [5.74, 6) is 1.15. The Labute approximate surface area is 124 Å². The number of rotatable bonds is 5. The number of anilines is 2. The Morgan fingerprint density at radius 1 is 1.20 bits per heavy atom. The van der Waals surface area contributed by atoms with Crippen molar-refractivity contribution in [2.24, 2.45) is 0 Å². The first-order chi connectivity index (χ1) is 9.50. The smallest absolute Gasteiger partial charge is 0.231 e. The van der Waals surface area contributed by atoms with Crippen LogP contribution in [0.2, 0.25) is 5.28 Å². The monoisotopic (exact) mass is 299 g/mol. The summed E-state index contributed by atoms with van der Waals surface area (Å²) in [6.07, 6.45) is 3.61. The molecular formula is C13H22ClN5O. The van der Waals surface area contributed by atoms with Gasteiger partial charge in [0.25, 0.3) is 0 Å². The largest absolute Gasteiger partial charge is 0.377 e. The van der Waals surface area contributed by atoms with Crippen LogP contribution in [0.15, 0.2) is 0 Å². The van der Waals surface area contributed by atoms with Gasteiger partial charge in [-0.25, -0.2) is 0 Å². The first-order valence-electron chi connectivity index (χ1n) is 6.96. The Morgan fingerprint density at radius 3 is 2.55 bits per heavy atom. The molecule has 2 heterocycles. The average Bonchev–Trinajstić information content (AvgIpc) is 2.46. The van der Waals surface area contributed by atoms with Crippen molar-refractivity contribution in [1.82, 2.24) is 15.0 Å². The zero-order valence-electron chi connectivity index (χ0n) is 12.3. The number of piperidine rings is 1. The van der Waals surface area contributed by atoms with Crippen molar-refractivity contribution >= 4 is 23.5 Å². The molecule has 1 saturated heterocycles. The van der Waals surface area contributed by atoms with Gasteiger partial charge in [-0.2, -0.15) is 15.0 Å². The van der Waals surface area contributed by atoms with Crippen molar-refractivity contribution < 1.29 is 4.74 Å². The molecule has 0 saturated carbocycles. The number of halogens is 1. The molecule has 1 N–H and O–H groups in total. The highest BCUT2D eigenvalue weighted by molar-refractivity contribution is 6.28. The van der Waals surface area contributed by atoms with Crippen LogP contribution in [0.3, 0.4) is 0 Å². The van der Waals surface area contributed by atoms with E-state index in [0.29, 0.717) is 18.4 Å². The zero-order chi connectivity index (χ0) is 14.6. The second-order valence-electron chi connectivity index (χ2n) is 5.59. The number of nitrogens with one attached hydrogen (secondary N) is 1. The Kier molecular flexibility index (Phi) is 4.99. The average molecular weight is 300 g/mol. The molecule has 0 atom stereocenters. The molecule has 0 aliphatic carbocycles. The molecule has 0 bridgehead atoms. The van der Waals surface area contributed by atoms with Gasteiger partial charge in [0.2, 0.25) is 17.2 Å². The van der Waals surface area contributed by atoms with E-state index >= 15 is 0 Å². The summed E-state index contributed by atoms with van der Waals surface area (Å²) in [6.45, 7) is 6.54. The van der Waals surface area contributed by atoms with Gasteiger partial charge in [-0.15, -0.1) is 0 Å². The van der Waals surface area contributed by atoms with E-state index in [9.17, 15) is 0 Å². The molecule has 0 unspecified atom stereocenters. The number of nitrogens with zero attached hydrogens (tertiary/aromatic N) is 4. The summed E-state index contributed by atoms with van der Waals surface area (Å²) in [6, 6.07) is 0. The standard InChI is InChI=1S/C13H22ClN5O/c1-13(2,20-3)9-15-11-16-10(14)17-12(18-11)19-7-5-4-6-8-19/h4-9H2,1-3H3,(H,15,16,17,18). The van der Waals surface area contributed by atoms with E-state index in [-0.39, 0.29) is 10.9 Å². The maximum absolute atomic E-state index is 5.99. The van der Waals surface area contributed by atoms with Crippen molar-refractivity contribution in [2.45, 2.75) is 38.7 Å². The predicted molar refractivity (Wildman–Crippen MR) is 80.5 cm³/mol. The molecule has 112 valence electrons. The molecule has 0 amide bonds. The Hall–Kier alpha value is -1.14. The minimum Gasteiger partial charge on any atom is -0.377 e. The lowest BCUT2D eigenvalue weighted by molar-refractivity contribution is 0.0342. The number of hydrogen-bond acceptors (Lipinski definition) is 6. The van der Waals surface area contributed by atoms with Gasteiger partial charge in [0.15, 0.2) is 0 Å². The highest BCUT2D eigenvalue weighted by Crippen LogP contribution is 2.19. The number of methoxy groups -OCH3 is 1. The molecule has 1 fully saturated rings. The molecule has 20 heavy (non-hydrogen) atoms. The summed E-state index contributed by atoms with van der Waals surface area (Å²) >= 11 is 5.99. The number of hydrogen-bond donors (Lipinski definition) is 1. The fourth-order valence-electron chi connectivity index (χ4n) is 2.02. The topological polar surface area (TPSA) is 63.2 Å².